The Morgan fingerprint density at radius 2 is 2.00 bits per heavy atom. The zero-order chi connectivity index (χ0) is 10.9. The minimum atomic E-state index is -3.24. The fourth-order valence-corrected chi connectivity index (χ4v) is 1.18. The highest BCUT2D eigenvalue weighted by Gasteiger charge is 2.33. The summed E-state index contributed by atoms with van der Waals surface area (Å²) in [5.74, 6) is -4.90. The Hall–Kier alpha value is -0.900. The van der Waals surface area contributed by atoms with E-state index in [1.165, 1.54) is 6.92 Å². The molecular formula is C9H8ClF3O. The number of phenols is 1. The van der Waals surface area contributed by atoms with Crippen LogP contribution in [0.5, 0.6) is 5.75 Å². The summed E-state index contributed by atoms with van der Waals surface area (Å²) in [4.78, 5) is 0. The maximum Gasteiger partial charge on any atom is 0.276 e. The van der Waals surface area contributed by atoms with E-state index in [1.54, 1.807) is 0 Å². The van der Waals surface area contributed by atoms with Crippen molar-refractivity contribution in [1.82, 2.24) is 0 Å². The molecule has 14 heavy (non-hydrogen) atoms. The van der Waals surface area contributed by atoms with Crippen molar-refractivity contribution in [3.8, 4) is 5.75 Å². The molecule has 0 spiro atoms. The molecule has 0 aliphatic carbocycles. The van der Waals surface area contributed by atoms with Crippen LogP contribution in [0.1, 0.15) is 18.9 Å². The zero-order valence-corrected chi connectivity index (χ0v) is 8.08. The summed E-state index contributed by atoms with van der Waals surface area (Å²) < 4.78 is 39.0. The summed E-state index contributed by atoms with van der Waals surface area (Å²) in [6.45, 7) is 1.24. The third-order valence-corrected chi connectivity index (χ3v) is 2.17. The summed E-state index contributed by atoms with van der Waals surface area (Å²) in [5.41, 5.74) is -0.734. The van der Waals surface area contributed by atoms with E-state index >= 15 is 0 Å². The predicted molar refractivity (Wildman–Crippen MR) is 47.3 cm³/mol. The van der Waals surface area contributed by atoms with E-state index in [2.05, 4.69) is 0 Å². The molecule has 0 aliphatic rings. The monoisotopic (exact) mass is 224 g/mol. The molecule has 0 radical (unpaired) electrons. The molecule has 1 rings (SSSR count). The molecule has 1 aromatic rings. The summed E-state index contributed by atoms with van der Waals surface area (Å²) in [5, 5.41) is 8.77. The number of hydrogen-bond acceptors (Lipinski definition) is 1. The Morgan fingerprint density at radius 3 is 2.50 bits per heavy atom. The third kappa shape index (κ3) is 1.95. The van der Waals surface area contributed by atoms with Crippen molar-refractivity contribution in [3.05, 3.63) is 28.5 Å². The lowest BCUT2D eigenvalue weighted by Crippen LogP contribution is -2.12. The Kier molecular flexibility index (Phi) is 2.95. The molecule has 0 aromatic heterocycles. The second kappa shape index (κ2) is 3.69. The molecule has 1 N–H and O–H groups in total. The molecule has 0 amide bonds. The molecular weight excluding hydrogens is 217 g/mol. The van der Waals surface area contributed by atoms with Gasteiger partial charge in [-0.05, 0) is 6.07 Å². The molecule has 5 heteroatoms. The molecule has 1 aromatic carbocycles. The van der Waals surface area contributed by atoms with E-state index in [1.807, 2.05) is 0 Å². The lowest BCUT2D eigenvalue weighted by atomic mass is 10.1. The molecule has 0 aliphatic heterocycles. The van der Waals surface area contributed by atoms with Crippen molar-refractivity contribution in [2.75, 3.05) is 0 Å². The highest BCUT2D eigenvalue weighted by molar-refractivity contribution is 6.30. The summed E-state index contributed by atoms with van der Waals surface area (Å²) >= 11 is 5.30. The van der Waals surface area contributed by atoms with Gasteiger partial charge in [0.15, 0.2) is 0 Å². The number of benzene rings is 1. The molecule has 0 saturated heterocycles. The Labute approximate surface area is 84.1 Å². The third-order valence-electron chi connectivity index (χ3n) is 1.88. The van der Waals surface area contributed by atoms with E-state index in [0.29, 0.717) is 6.07 Å². The van der Waals surface area contributed by atoms with Gasteiger partial charge in [0.1, 0.15) is 11.6 Å². The number of halogens is 4. The summed E-state index contributed by atoms with van der Waals surface area (Å²) in [6, 6.07) is 1.33. The average Bonchev–Trinajstić information content (AvgIpc) is 2.11. The van der Waals surface area contributed by atoms with Crippen LogP contribution >= 0.6 is 11.6 Å². The Morgan fingerprint density at radius 1 is 1.43 bits per heavy atom. The van der Waals surface area contributed by atoms with Crippen LogP contribution in [0.15, 0.2) is 12.1 Å². The second-order valence-corrected chi connectivity index (χ2v) is 3.25. The topological polar surface area (TPSA) is 20.2 Å². The van der Waals surface area contributed by atoms with Gasteiger partial charge in [-0.15, -0.1) is 0 Å². The van der Waals surface area contributed by atoms with Crippen molar-refractivity contribution >= 4 is 11.6 Å². The first-order chi connectivity index (χ1) is 6.38. The van der Waals surface area contributed by atoms with Crippen molar-refractivity contribution in [2.24, 2.45) is 0 Å². The van der Waals surface area contributed by atoms with Gasteiger partial charge < -0.3 is 5.11 Å². The summed E-state index contributed by atoms with van der Waals surface area (Å²) in [6.07, 6.45) is -0.512. The highest BCUT2D eigenvalue weighted by Crippen LogP contribution is 2.39. The Bertz CT molecular complexity index is 352. The van der Waals surface area contributed by atoms with Crippen LogP contribution in [-0.4, -0.2) is 5.11 Å². The molecule has 0 saturated carbocycles. The fraction of sp³-hybridized carbons (Fsp3) is 0.333. The van der Waals surface area contributed by atoms with E-state index < -0.39 is 29.5 Å². The number of hydrogen-bond donors (Lipinski definition) is 1. The van der Waals surface area contributed by atoms with E-state index in [4.69, 9.17) is 16.7 Å². The molecule has 78 valence electrons. The standard InChI is InChI=1S/C9H8ClF3O/c1-2-9(12,13)5-3-7(11)6(10)4-8(5)14/h3-4,14H,2H2,1H3. The number of phenolic OH excluding ortho intramolecular Hbond substituents is 1. The molecule has 0 atom stereocenters. The van der Waals surface area contributed by atoms with Crippen LogP contribution in [0.3, 0.4) is 0 Å². The molecule has 0 fully saturated rings. The maximum absolute atomic E-state index is 13.1. The zero-order valence-electron chi connectivity index (χ0n) is 7.32. The minimum Gasteiger partial charge on any atom is -0.507 e. The second-order valence-electron chi connectivity index (χ2n) is 2.84. The van der Waals surface area contributed by atoms with Crippen molar-refractivity contribution in [3.63, 3.8) is 0 Å². The van der Waals surface area contributed by atoms with Crippen LogP contribution in [0, 0.1) is 5.82 Å². The molecule has 0 unspecified atom stereocenters. The van der Waals surface area contributed by atoms with Crippen molar-refractivity contribution in [1.29, 1.82) is 0 Å². The number of aromatic hydroxyl groups is 1. The number of rotatable bonds is 2. The van der Waals surface area contributed by atoms with Gasteiger partial charge in [-0.1, -0.05) is 18.5 Å². The van der Waals surface area contributed by atoms with E-state index in [9.17, 15) is 13.2 Å². The smallest absolute Gasteiger partial charge is 0.276 e. The normalized spacial score (nSPS) is 11.8. The van der Waals surface area contributed by atoms with Crippen LogP contribution in [-0.2, 0) is 5.92 Å². The van der Waals surface area contributed by atoms with Crippen LogP contribution in [0.2, 0.25) is 5.02 Å². The minimum absolute atomic E-state index is 0.377. The average molecular weight is 225 g/mol. The van der Waals surface area contributed by atoms with Gasteiger partial charge >= 0.3 is 0 Å². The first kappa shape index (κ1) is 11.2. The first-order valence-electron chi connectivity index (χ1n) is 3.94. The van der Waals surface area contributed by atoms with E-state index in [0.717, 1.165) is 6.07 Å². The SMILES string of the molecule is CCC(F)(F)c1cc(F)c(Cl)cc1O. The maximum atomic E-state index is 13.1. The van der Waals surface area contributed by atoms with Gasteiger partial charge in [-0.25, -0.2) is 13.2 Å². The first-order valence-corrected chi connectivity index (χ1v) is 4.32. The predicted octanol–water partition coefficient (Wildman–Crippen LogP) is 3.69. The molecule has 0 heterocycles. The molecule has 1 nitrogen and oxygen atoms in total. The lowest BCUT2D eigenvalue weighted by molar-refractivity contribution is -0.0106. The largest absolute Gasteiger partial charge is 0.507 e. The van der Waals surface area contributed by atoms with Gasteiger partial charge in [-0.2, -0.15) is 0 Å². The van der Waals surface area contributed by atoms with Gasteiger partial charge in [0.05, 0.1) is 10.6 Å². The van der Waals surface area contributed by atoms with Crippen molar-refractivity contribution in [2.45, 2.75) is 19.3 Å². The van der Waals surface area contributed by atoms with Crippen LogP contribution < -0.4 is 0 Å². The van der Waals surface area contributed by atoms with Gasteiger partial charge in [-0.3, -0.25) is 0 Å². The highest BCUT2D eigenvalue weighted by atomic mass is 35.5. The van der Waals surface area contributed by atoms with Gasteiger partial charge in [0.2, 0.25) is 0 Å². The van der Waals surface area contributed by atoms with Gasteiger partial charge in [0.25, 0.3) is 5.92 Å². The summed E-state index contributed by atoms with van der Waals surface area (Å²) in [7, 11) is 0. The van der Waals surface area contributed by atoms with Gasteiger partial charge in [0, 0.05) is 12.5 Å². The van der Waals surface area contributed by atoms with E-state index in [-0.39, 0.29) is 5.02 Å². The lowest BCUT2D eigenvalue weighted by Gasteiger charge is -2.16. The van der Waals surface area contributed by atoms with Crippen LogP contribution in [0.4, 0.5) is 13.2 Å². The molecule has 0 bridgehead atoms. The quantitative estimate of drug-likeness (QED) is 0.812. The fourth-order valence-electron chi connectivity index (χ4n) is 1.02. The van der Waals surface area contributed by atoms with Crippen molar-refractivity contribution < 1.29 is 18.3 Å². The number of alkyl halides is 2. The van der Waals surface area contributed by atoms with Crippen LogP contribution in [0.25, 0.3) is 0 Å². The Balaban J connectivity index is 3.29.